The summed E-state index contributed by atoms with van der Waals surface area (Å²) in [6, 6.07) is 13.3. The highest BCUT2D eigenvalue weighted by atomic mass is 35.5. The number of aliphatic hydroxyl groups excluding tert-OH is 4. The van der Waals surface area contributed by atoms with E-state index in [-0.39, 0.29) is 0 Å². The lowest BCUT2D eigenvalue weighted by molar-refractivity contribution is -0.231. The standard InChI is InChI=1S/C25H31ClO6/c26-20-11-8-16(25-24(30)23(29)22(28)21(14-27)32-25)13-17(20)12-15-6-9-19(10-7-15)31-18-4-2-1-3-5-18/h6-11,13,18,21-25,27-30H,1-5,12,14H2/t21-,22-,23+,24-,25+/m1/s1. The van der Waals surface area contributed by atoms with Gasteiger partial charge in [0.2, 0.25) is 0 Å². The molecule has 2 aromatic carbocycles. The summed E-state index contributed by atoms with van der Waals surface area (Å²) >= 11 is 6.43. The summed E-state index contributed by atoms with van der Waals surface area (Å²) in [5.74, 6) is 0.877. The number of aliphatic hydroxyl groups is 4. The van der Waals surface area contributed by atoms with Crippen molar-refractivity contribution in [3.05, 3.63) is 64.2 Å². The normalized spacial score (nSPS) is 29.1. The van der Waals surface area contributed by atoms with Gasteiger partial charge in [0, 0.05) is 5.02 Å². The average Bonchev–Trinajstić information content (AvgIpc) is 2.81. The number of halogens is 1. The fraction of sp³-hybridized carbons (Fsp3) is 0.520. The van der Waals surface area contributed by atoms with Crippen molar-refractivity contribution < 1.29 is 29.9 Å². The summed E-state index contributed by atoms with van der Waals surface area (Å²) in [4.78, 5) is 0. The van der Waals surface area contributed by atoms with Gasteiger partial charge >= 0.3 is 0 Å². The van der Waals surface area contributed by atoms with Gasteiger partial charge < -0.3 is 29.9 Å². The van der Waals surface area contributed by atoms with E-state index >= 15 is 0 Å². The quantitative estimate of drug-likeness (QED) is 0.526. The number of ether oxygens (including phenoxy) is 2. The van der Waals surface area contributed by atoms with Crippen molar-refractivity contribution >= 4 is 11.6 Å². The van der Waals surface area contributed by atoms with Crippen LogP contribution in [0, 0.1) is 0 Å². The topological polar surface area (TPSA) is 99.4 Å². The van der Waals surface area contributed by atoms with E-state index in [0.29, 0.717) is 23.1 Å². The van der Waals surface area contributed by atoms with Gasteiger partial charge in [-0.25, -0.2) is 0 Å². The second-order valence-electron chi connectivity index (χ2n) is 8.80. The highest BCUT2D eigenvalue weighted by Crippen LogP contribution is 2.34. The van der Waals surface area contributed by atoms with Crippen LogP contribution in [0.2, 0.25) is 5.02 Å². The summed E-state index contributed by atoms with van der Waals surface area (Å²) < 4.78 is 11.8. The number of benzene rings is 2. The van der Waals surface area contributed by atoms with Crippen molar-refractivity contribution in [1.82, 2.24) is 0 Å². The monoisotopic (exact) mass is 462 g/mol. The summed E-state index contributed by atoms with van der Waals surface area (Å²) in [6.07, 6.45) is 0.908. The summed E-state index contributed by atoms with van der Waals surface area (Å²) in [5, 5.41) is 40.6. The highest BCUT2D eigenvalue weighted by Gasteiger charge is 2.44. The van der Waals surface area contributed by atoms with Gasteiger partial charge in [-0.1, -0.05) is 42.3 Å². The zero-order valence-corrected chi connectivity index (χ0v) is 18.7. The van der Waals surface area contributed by atoms with Gasteiger partial charge in [-0.2, -0.15) is 0 Å². The molecule has 7 heteroatoms. The van der Waals surface area contributed by atoms with E-state index in [1.807, 2.05) is 30.3 Å². The first-order chi connectivity index (χ1) is 15.5. The lowest BCUT2D eigenvalue weighted by Gasteiger charge is -2.40. The van der Waals surface area contributed by atoms with Crippen molar-refractivity contribution in [3.63, 3.8) is 0 Å². The maximum Gasteiger partial charge on any atom is 0.119 e. The van der Waals surface area contributed by atoms with Crippen LogP contribution in [0.25, 0.3) is 0 Å². The fourth-order valence-electron chi connectivity index (χ4n) is 4.57. The minimum atomic E-state index is -1.42. The van der Waals surface area contributed by atoms with Crippen LogP contribution in [0.4, 0.5) is 0 Å². The third kappa shape index (κ3) is 5.28. The van der Waals surface area contributed by atoms with Crippen LogP contribution >= 0.6 is 11.6 Å². The SMILES string of the molecule is OC[C@H]1O[C@@H](c2ccc(Cl)c(Cc3ccc(OC4CCCCC4)cc3)c2)[C@H](O)[C@@H](O)[C@@H]1O. The first kappa shape index (κ1) is 23.5. The molecule has 4 rings (SSSR count). The van der Waals surface area contributed by atoms with E-state index in [0.717, 1.165) is 29.7 Å². The zero-order valence-electron chi connectivity index (χ0n) is 17.9. The second kappa shape index (κ2) is 10.5. The van der Waals surface area contributed by atoms with Gasteiger partial charge in [0.25, 0.3) is 0 Å². The van der Waals surface area contributed by atoms with E-state index in [1.54, 1.807) is 12.1 Å². The van der Waals surface area contributed by atoms with E-state index < -0.39 is 37.1 Å². The van der Waals surface area contributed by atoms with Crippen LogP contribution < -0.4 is 4.74 Å². The Hall–Kier alpha value is -1.67. The maximum atomic E-state index is 10.4. The summed E-state index contributed by atoms with van der Waals surface area (Å²) in [7, 11) is 0. The van der Waals surface area contributed by atoms with Gasteiger partial charge in [-0.15, -0.1) is 0 Å². The predicted molar refractivity (Wildman–Crippen MR) is 121 cm³/mol. The molecule has 4 N–H and O–H groups in total. The van der Waals surface area contributed by atoms with Crippen LogP contribution in [-0.2, 0) is 11.2 Å². The van der Waals surface area contributed by atoms with Crippen LogP contribution in [0.1, 0.15) is 54.9 Å². The zero-order chi connectivity index (χ0) is 22.7. The molecule has 5 atom stereocenters. The minimum absolute atomic E-state index is 0.305. The summed E-state index contributed by atoms with van der Waals surface area (Å²) in [5.41, 5.74) is 2.54. The van der Waals surface area contributed by atoms with Crippen LogP contribution in [0.5, 0.6) is 5.75 Å². The Morgan fingerprint density at radius 2 is 1.62 bits per heavy atom. The highest BCUT2D eigenvalue weighted by molar-refractivity contribution is 6.31. The van der Waals surface area contributed by atoms with E-state index in [4.69, 9.17) is 21.1 Å². The predicted octanol–water partition coefficient (Wildman–Crippen LogP) is 3.16. The molecule has 1 aliphatic heterocycles. The molecule has 0 unspecified atom stereocenters. The Balaban J connectivity index is 1.47. The maximum absolute atomic E-state index is 10.4. The molecule has 6 nitrogen and oxygen atoms in total. The third-order valence-corrected chi connectivity index (χ3v) is 6.83. The Morgan fingerprint density at radius 3 is 2.31 bits per heavy atom. The third-order valence-electron chi connectivity index (χ3n) is 6.46. The molecule has 2 aliphatic rings. The van der Waals surface area contributed by atoms with Gasteiger partial charge in [-0.3, -0.25) is 0 Å². The molecular formula is C25H31ClO6. The minimum Gasteiger partial charge on any atom is -0.490 e. The lowest BCUT2D eigenvalue weighted by Crippen LogP contribution is -2.55. The van der Waals surface area contributed by atoms with Crippen LogP contribution in [0.15, 0.2) is 42.5 Å². The van der Waals surface area contributed by atoms with Crippen LogP contribution in [-0.4, -0.2) is 57.6 Å². The molecule has 0 radical (unpaired) electrons. The van der Waals surface area contributed by atoms with Crippen molar-refractivity contribution in [2.24, 2.45) is 0 Å². The number of rotatable bonds is 6. The van der Waals surface area contributed by atoms with Crippen molar-refractivity contribution in [2.75, 3.05) is 6.61 Å². The summed E-state index contributed by atoms with van der Waals surface area (Å²) in [6.45, 7) is -0.461. The van der Waals surface area contributed by atoms with Crippen molar-refractivity contribution in [2.45, 2.75) is 75.1 Å². The Kier molecular flexibility index (Phi) is 7.71. The Morgan fingerprint density at radius 1 is 0.906 bits per heavy atom. The van der Waals surface area contributed by atoms with Gasteiger partial charge in [-0.05, 0) is 67.0 Å². The molecule has 1 aliphatic carbocycles. The van der Waals surface area contributed by atoms with E-state index in [2.05, 4.69) is 0 Å². The van der Waals surface area contributed by atoms with E-state index in [1.165, 1.54) is 19.3 Å². The molecule has 174 valence electrons. The second-order valence-corrected chi connectivity index (χ2v) is 9.21. The number of hydrogen-bond acceptors (Lipinski definition) is 6. The largest absolute Gasteiger partial charge is 0.490 e. The molecule has 1 heterocycles. The number of hydrogen-bond donors (Lipinski definition) is 4. The lowest BCUT2D eigenvalue weighted by atomic mass is 9.90. The molecule has 0 aromatic heterocycles. The smallest absolute Gasteiger partial charge is 0.119 e. The Labute approximate surface area is 193 Å². The molecule has 0 amide bonds. The molecule has 0 bridgehead atoms. The first-order valence-corrected chi connectivity index (χ1v) is 11.7. The van der Waals surface area contributed by atoms with Crippen LogP contribution in [0.3, 0.4) is 0 Å². The van der Waals surface area contributed by atoms with Gasteiger partial charge in [0.15, 0.2) is 0 Å². The molecule has 2 aromatic rings. The van der Waals surface area contributed by atoms with Gasteiger partial charge in [0.05, 0.1) is 12.7 Å². The van der Waals surface area contributed by atoms with E-state index in [9.17, 15) is 20.4 Å². The molecular weight excluding hydrogens is 432 g/mol. The Bertz CT molecular complexity index is 881. The molecule has 1 saturated heterocycles. The molecule has 1 saturated carbocycles. The molecule has 2 fully saturated rings. The molecule has 0 spiro atoms. The first-order valence-electron chi connectivity index (χ1n) is 11.3. The van der Waals surface area contributed by atoms with Crippen molar-refractivity contribution in [1.29, 1.82) is 0 Å². The average molecular weight is 463 g/mol. The molecule has 32 heavy (non-hydrogen) atoms. The fourth-order valence-corrected chi connectivity index (χ4v) is 4.75. The van der Waals surface area contributed by atoms with Gasteiger partial charge in [0.1, 0.15) is 36.3 Å². The van der Waals surface area contributed by atoms with Crippen molar-refractivity contribution in [3.8, 4) is 5.75 Å².